The van der Waals surface area contributed by atoms with Crippen LogP contribution in [-0.2, 0) is 6.42 Å². The number of fused-ring (bicyclic) bond motifs is 1. The van der Waals surface area contributed by atoms with Crippen LogP contribution in [-0.4, -0.2) is 21.9 Å². The minimum Gasteiger partial charge on any atom is -0.367 e. The number of aromatic nitrogens is 2. The van der Waals surface area contributed by atoms with Crippen molar-refractivity contribution >= 4 is 17.7 Å². The quantitative estimate of drug-likeness (QED) is 0.786. The van der Waals surface area contributed by atoms with Crippen LogP contribution in [0, 0.1) is 0 Å². The summed E-state index contributed by atoms with van der Waals surface area (Å²) in [6.07, 6.45) is 4.75. The monoisotopic (exact) mass is 325 g/mol. The lowest BCUT2D eigenvalue weighted by atomic mass is 9.88. The molecule has 0 fully saturated rings. The van der Waals surface area contributed by atoms with E-state index in [1.807, 2.05) is 13.8 Å². The maximum Gasteiger partial charge on any atom is 0.254 e. The van der Waals surface area contributed by atoms with Gasteiger partial charge in [0.15, 0.2) is 0 Å². The SMILES string of the molecule is CC(C)Nc1nc(N[C@H]2CCCc3ccccc32)ncc1C(N)=O. The summed E-state index contributed by atoms with van der Waals surface area (Å²) in [6, 6.07) is 8.78. The maximum absolute atomic E-state index is 11.6. The van der Waals surface area contributed by atoms with E-state index >= 15 is 0 Å². The highest BCUT2D eigenvalue weighted by Crippen LogP contribution is 2.31. The summed E-state index contributed by atoms with van der Waals surface area (Å²) in [4.78, 5) is 20.3. The Kier molecular flexibility index (Phi) is 4.64. The van der Waals surface area contributed by atoms with E-state index in [9.17, 15) is 4.79 Å². The Bertz CT molecular complexity index is 744. The van der Waals surface area contributed by atoms with E-state index in [-0.39, 0.29) is 12.1 Å². The molecule has 6 heteroatoms. The molecule has 0 saturated carbocycles. The molecule has 126 valence electrons. The molecule has 0 unspecified atom stereocenters. The summed E-state index contributed by atoms with van der Waals surface area (Å²) in [7, 11) is 0. The van der Waals surface area contributed by atoms with Gasteiger partial charge in [-0.15, -0.1) is 0 Å². The standard InChI is InChI=1S/C18H23N5O/c1-11(2)21-17-14(16(19)24)10-20-18(23-17)22-15-9-5-7-12-6-3-4-8-13(12)15/h3-4,6,8,10-11,15H,5,7,9H2,1-2H3,(H2,19,24)(H2,20,21,22,23)/t15-/m0/s1. The topological polar surface area (TPSA) is 92.9 Å². The Hall–Kier alpha value is -2.63. The van der Waals surface area contributed by atoms with Gasteiger partial charge in [-0.3, -0.25) is 4.79 Å². The number of benzene rings is 1. The van der Waals surface area contributed by atoms with Crippen LogP contribution in [0.4, 0.5) is 11.8 Å². The molecule has 4 N–H and O–H groups in total. The lowest BCUT2D eigenvalue weighted by molar-refractivity contribution is 0.100. The summed E-state index contributed by atoms with van der Waals surface area (Å²) < 4.78 is 0. The molecular formula is C18H23N5O. The summed E-state index contributed by atoms with van der Waals surface area (Å²) >= 11 is 0. The van der Waals surface area contributed by atoms with Crippen molar-refractivity contribution in [2.24, 2.45) is 5.73 Å². The lowest BCUT2D eigenvalue weighted by Gasteiger charge is -2.26. The number of aryl methyl sites for hydroxylation is 1. The molecule has 0 aliphatic heterocycles. The maximum atomic E-state index is 11.6. The zero-order valence-electron chi connectivity index (χ0n) is 14.0. The summed E-state index contributed by atoms with van der Waals surface area (Å²) in [5, 5.41) is 6.56. The molecule has 1 amide bonds. The number of primary amides is 1. The third kappa shape index (κ3) is 3.48. The predicted molar refractivity (Wildman–Crippen MR) is 95.1 cm³/mol. The molecule has 1 heterocycles. The van der Waals surface area contributed by atoms with Gasteiger partial charge >= 0.3 is 0 Å². The first-order chi connectivity index (χ1) is 11.5. The highest BCUT2D eigenvalue weighted by Gasteiger charge is 2.21. The molecule has 1 aromatic carbocycles. The molecule has 1 aliphatic carbocycles. The van der Waals surface area contributed by atoms with E-state index in [4.69, 9.17) is 5.73 Å². The zero-order valence-corrected chi connectivity index (χ0v) is 14.0. The molecule has 1 aromatic heterocycles. The molecule has 1 atom stereocenters. The number of hydrogen-bond acceptors (Lipinski definition) is 5. The van der Waals surface area contributed by atoms with E-state index in [0.717, 1.165) is 19.3 Å². The summed E-state index contributed by atoms with van der Waals surface area (Å²) in [6.45, 7) is 3.97. The smallest absolute Gasteiger partial charge is 0.254 e. The number of nitrogens with zero attached hydrogens (tertiary/aromatic N) is 2. The minimum absolute atomic E-state index is 0.140. The van der Waals surface area contributed by atoms with Crippen LogP contribution in [0.5, 0.6) is 0 Å². The normalized spacial score (nSPS) is 16.5. The third-order valence-electron chi connectivity index (χ3n) is 4.15. The summed E-state index contributed by atoms with van der Waals surface area (Å²) in [5.41, 5.74) is 8.38. The van der Waals surface area contributed by atoms with Crippen molar-refractivity contribution < 1.29 is 4.79 Å². The predicted octanol–water partition coefficient (Wildman–Crippen LogP) is 2.89. The molecule has 1 aliphatic rings. The molecule has 0 radical (unpaired) electrons. The Balaban J connectivity index is 1.87. The van der Waals surface area contributed by atoms with Crippen LogP contribution in [0.3, 0.4) is 0 Å². The number of carbonyl (C=O) groups excluding carboxylic acids is 1. The van der Waals surface area contributed by atoms with Gasteiger partial charge in [0.05, 0.1) is 11.6 Å². The summed E-state index contributed by atoms with van der Waals surface area (Å²) in [5.74, 6) is 0.441. The Morgan fingerprint density at radius 3 is 2.88 bits per heavy atom. The molecular weight excluding hydrogens is 302 g/mol. The highest BCUT2D eigenvalue weighted by molar-refractivity contribution is 5.97. The minimum atomic E-state index is -0.535. The second-order valence-electron chi connectivity index (χ2n) is 6.41. The van der Waals surface area contributed by atoms with Crippen LogP contribution < -0.4 is 16.4 Å². The highest BCUT2D eigenvalue weighted by atomic mass is 16.1. The first-order valence-electron chi connectivity index (χ1n) is 8.32. The fraction of sp³-hybridized carbons (Fsp3) is 0.389. The Labute approximate surface area is 141 Å². The number of amides is 1. The van der Waals surface area contributed by atoms with Crippen molar-refractivity contribution in [3.8, 4) is 0 Å². The van der Waals surface area contributed by atoms with Crippen molar-refractivity contribution in [3.05, 3.63) is 47.2 Å². The van der Waals surface area contributed by atoms with Crippen LogP contribution in [0.15, 0.2) is 30.5 Å². The fourth-order valence-corrected chi connectivity index (χ4v) is 3.07. The van der Waals surface area contributed by atoms with E-state index < -0.39 is 5.91 Å². The first-order valence-corrected chi connectivity index (χ1v) is 8.32. The Morgan fingerprint density at radius 2 is 2.12 bits per heavy atom. The van der Waals surface area contributed by atoms with Crippen LogP contribution in [0.1, 0.15) is 54.2 Å². The number of nitrogens with two attached hydrogens (primary N) is 1. The molecule has 2 aromatic rings. The second kappa shape index (κ2) is 6.86. The van der Waals surface area contributed by atoms with Gasteiger partial charge in [0.25, 0.3) is 5.91 Å². The van der Waals surface area contributed by atoms with Gasteiger partial charge in [0.1, 0.15) is 5.82 Å². The van der Waals surface area contributed by atoms with Crippen LogP contribution in [0.2, 0.25) is 0 Å². The number of hydrogen-bond donors (Lipinski definition) is 3. The van der Waals surface area contributed by atoms with Gasteiger partial charge in [0, 0.05) is 12.2 Å². The van der Waals surface area contributed by atoms with Crippen molar-refractivity contribution in [1.82, 2.24) is 9.97 Å². The van der Waals surface area contributed by atoms with E-state index in [1.165, 1.54) is 17.3 Å². The zero-order chi connectivity index (χ0) is 17.1. The lowest BCUT2D eigenvalue weighted by Crippen LogP contribution is -2.22. The van der Waals surface area contributed by atoms with Crippen LogP contribution in [0.25, 0.3) is 0 Å². The van der Waals surface area contributed by atoms with E-state index in [0.29, 0.717) is 17.3 Å². The first kappa shape index (κ1) is 16.2. The number of carbonyl (C=O) groups is 1. The van der Waals surface area contributed by atoms with Crippen molar-refractivity contribution in [2.75, 3.05) is 10.6 Å². The molecule has 0 bridgehead atoms. The van der Waals surface area contributed by atoms with E-state index in [2.05, 4.69) is 44.9 Å². The van der Waals surface area contributed by atoms with Gasteiger partial charge < -0.3 is 16.4 Å². The van der Waals surface area contributed by atoms with Gasteiger partial charge in [-0.05, 0) is 44.2 Å². The van der Waals surface area contributed by atoms with Gasteiger partial charge in [-0.25, -0.2) is 4.98 Å². The van der Waals surface area contributed by atoms with Crippen LogP contribution >= 0.6 is 0 Å². The molecule has 3 rings (SSSR count). The number of rotatable bonds is 5. The van der Waals surface area contributed by atoms with Crippen molar-refractivity contribution in [3.63, 3.8) is 0 Å². The molecule has 24 heavy (non-hydrogen) atoms. The molecule has 6 nitrogen and oxygen atoms in total. The molecule has 0 spiro atoms. The van der Waals surface area contributed by atoms with E-state index in [1.54, 1.807) is 0 Å². The Morgan fingerprint density at radius 1 is 1.33 bits per heavy atom. The second-order valence-corrected chi connectivity index (χ2v) is 6.41. The fourth-order valence-electron chi connectivity index (χ4n) is 3.07. The average molecular weight is 325 g/mol. The van der Waals surface area contributed by atoms with Gasteiger partial charge in [0.2, 0.25) is 5.95 Å². The van der Waals surface area contributed by atoms with Gasteiger partial charge in [-0.1, -0.05) is 24.3 Å². The van der Waals surface area contributed by atoms with Crippen molar-refractivity contribution in [1.29, 1.82) is 0 Å². The van der Waals surface area contributed by atoms with Crippen molar-refractivity contribution in [2.45, 2.75) is 45.2 Å². The largest absolute Gasteiger partial charge is 0.367 e. The molecule has 0 saturated heterocycles. The van der Waals surface area contributed by atoms with Gasteiger partial charge in [-0.2, -0.15) is 4.98 Å². The average Bonchev–Trinajstić information content (AvgIpc) is 2.54. The third-order valence-corrected chi connectivity index (χ3v) is 4.15. The number of anilines is 2. The number of nitrogens with one attached hydrogen (secondary N) is 2.